The average Bonchev–Trinajstić information content (AvgIpc) is 2.27. The number of hydrogen-bond donors (Lipinski definition) is 2. The maximum absolute atomic E-state index is 13.7. The van der Waals surface area contributed by atoms with Crippen LogP contribution in [-0.2, 0) is 0 Å². The number of likely N-dealkylation sites (N-methyl/N-ethyl adjacent to an activating group) is 1. The van der Waals surface area contributed by atoms with E-state index in [1.54, 1.807) is 24.1 Å². The smallest absolute Gasteiger partial charge is 0.131 e. The van der Waals surface area contributed by atoms with Gasteiger partial charge < -0.3 is 15.1 Å². The van der Waals surface area contributed by atoms with Crippen molar-refractivity contribution in [2.24, 2.45) is 0 Å². The molecule has 4 heteroatoms. The number of anilines is 1. The van der Waals surface area contributed by atoms with Crippen molar-refractivity contribution in [1.82, 2.24) is 0 Å². The van der Waals surface area contributed by atoms with Crippen LogP contribution in [0.3, 0.4) is 0 Å². The number of aliphatic hydroxyl groups excluding tert-OH is 2. The summed E-state index contributed by atoms with van der Waals surface area (Å²) in [6, 6.07) is 4.66. The highest BCUT2D eigenvalue weighted by atomic mass is 19.1. The molecule has 96 valence electrons. The molecule has 0 aliphatic carbocycles. The Kier molecular flexibility index (Phi) is 4.11. The summed E-state index contributed by atoms with van der Waals surface area (Å²) in [5, 5.41) is 19.0. The summed E-state index contributed by atoms with van der Waals surface area (Å²) in [5.41, 5.74) is 0.341. The van der Waals surface area contributed by atoms with Gasteiger partial charge in [-0.2, -0.15) is 0 Å². The summed E-state index contributed by atoms with van der Waals surface area (Å²) in [4.78, 5) is 1.78. The monoisotopic (exact) mass is 241 g/mol. The molecule has 0 bridgehead atoms. The Balaban J connectivity index is 3.27. The molecule has 1 aromatic rings. The third-order valence-corrected chi connectivity index (χ3v) is 3.10. The van der Waals surface area contributed by atoms with Crippen LogP contribution in [0.1, 0.15) is 32.4 Å². The minimum absolute atomic E-state index is 0.0563. The molecule has 0 aliphatic heterocycles. The molecule has 17 heavy (non-hydrogen) atoms. The van der Waals surface area contributed by atoms with Crippen molar-refractivity contribution >= 4 is 5.69 Å². The number of nitrogens with zero attached hydrogens (tertiary/aromatic N) is 1. The molecular formula is C13H20FNO2. The summed E-state index contributed by atoms with van der Waals surface area (Å²) in [6.07, 6.45) is -0.886. The van der Waals surface area contributed by atoms with E-state index in [0.717, 1.165) is 0 Å². The van der Waals surface area contributed by atoms with Crippen LogP contribution in [0, 0.1) is 5.82 Å². The van der Waals surface area contributed by atoms with Crippen molar-refractivity contribution in [3.05, 3.63) is 29.6 Å². The van der Waals surface area contributed by atoms with Crippen LogP contribution in [0.2, 0.25) is 0 Å². The molecule has 0 radical (unpaired) electrons. The molecule has 0 spiro atoms. The SMILES string of the molecule is C[C@@H](O)c1c(F)cccc1N(C)C(C)(C)CO. The Morgan fingerprint density at radius 2 is 2.00 bits per heavy atom. The van der Waals surface area contributed by atoms with Gasteiger partial charge in [-0.15, -0.1) is 0 Å². The van der Waals surface area contributed by atoms with Crippen LogP contribution in [0.4, 0.5) is 10.1 Å². The molecule has 1 aromatic carbocycles. The highest BCUT2D eigenvalue weighted by Crippen LogP contribution is 2.31. The summed E-state index contributed by atoms with van der Waals surface area (Å²) < 4.78 is 13.7. The predicted octanol–water partition coefficient (Wildman–Crippen LogP) is 2.09. The minimum atomic E-state index is -0.886. The molecule has 2 N–H and O–H groups in total. The lowest BCUT2D eigenvalue weighted by atomic mass is 10.00. The van der Waals surface area contributed by atoms with E-state index < -0.39 is 17.5 Å². The zero-order valence-electron chi connectivity index (χ0n) is 10.7. The van der Waals surface area contributed by atoms with Gasteiger partial charge in [0.05, 0.1) is 18.2 Å². The highest BCUT2D eigenvalue weighted by Gasteiger charge is 2.26. The fraction of sp³-hybridized carbons (Fsp3) is 0.538. The molecule has 1 atom stereocenters. The molecule has 0 aromatic heterocycles. The first-order chi connectivity index (χ1) is 7.81. The minimum Gasteiger partial charge on any atom is -0.394 e. The molecule has 0 heterocycles. The number of hydrogen-bond acceptors (Lipinski definition) is 3. The van der Waals surface area contributed by atoms with Gasteiger partial charge >= 0.3 is 0 Å². The molecule has 3 nitrogen and oxygen atoms in total. The van der Waals surface area contributed by atoms with Crippen molar-refractivity contribution in [3.8, 4) is 0 Å². The Labute approximate surface area is 101 Å². The maximum Gasteiger partial charge on any atom is 0.131 e. The highest BCUT2D eigenvalue weighted by molar-refractivity contribution is 5.56. The van der Waals surface area contributed by atoms with Crippen LogP contribution in [0.15, 0.2) is 18.2 Å². The van der Waals surface area contributed by atoms with Gasteiger partial charge in [-0.25, -0.2) is 4.39 Å². The number of rotatable bonds is 4. The van der Waals surface area contributed by atoms with Gasteiger partial charge in [0.2, 0.25) is 0 Å². The standard InChI is InChI=1S/C13H20FNO2/c1-9(17)12-10(14)6-5-7-11(12)15(4)13(2,3)8-16/h5-7,9,16-17H,8H2,1-4H3/t9-/m1/s1. The first kappa shape index (κ1) is 13.9. The van der Waals surface area contributed by atoms with Crippen molar-refractivity contribution in [1.29, 1.82) is 0 Å². The zero-order chi connectivity index (χ0) is 13.2. The van der Waals surface area contributed by atoms with Gasteiger partial charge in [-0.1, -0.05) is 6.07 Å². The lowest BCUT2D eigenvalue weighted by Gasteiger charge is -2.37. The average molecular weight is 241 g/mol. The van der Waals surface area contributed by atoms with Crippen LogP contribution < -0.4 is 4.90 Å². The Morgan fingerprint density at radius 1 is 1.41 bits per heavy atom. The number of aliphatic hydroxyl groups is 2. The lowest BCUT2D eigenvalue weighted by molar-refractivity contribution is 0.191. The van der Waals surface area contributed by atoms with E-state index in [4.69, 9.17) is 0 Å². The maximum atomic E-state index is 13.7. The number of halogens is 1. The third kappa shape index (κ3) is 2.76. The van der Waals surface area contributed by atoms with Gasteiger partial charge in [0.25, 0.3) is 0 Å². The van der Waals surface area contributed by atoms with Crippen LogP contribution in [-0.4, -0.2) is 29.4 Å². The third-order valence-electron chi connectivity index (χ3n) is 3.10. The second-order valence-corrected chi connectivity index (χ2v) is 4.88. The van der Waals surface area contributed by atoms with Gasteiger partial charge in [-0.3, -0.25) is 0 Å². The van der Waals surface area contributed by atoms with E-state index in [0.29, 0.717) is 5.69 Å². The van der Waals surface area contributed by atoms with E-state index in [9.17, 15) is 14.6 Å². The fourth-order valence-electron chi connectivity index (χ4n) is 1.66. The van der Waals surface area contributed by atoms with Crippen LogP contribution in [0.5, 0.6) is 0 Å². The lowest BCUT2D eigenvalue weighted by Crippen LogP contribution is -2.45. The summed E-state index contributed by atoms with van der Waals surface area (Å²) in [5.74, 6) is -0.432. The van der Waals surface area contributed by atoms with E-state index >= 15 is 0 Å². The van der Waals surface area contributed by atoms with E-state index in [1.165, 1.54) is 13.0 Å². The second-order valence-electron chi connectivity index (χ2n) is 4.88. The fourth-order valence-corrected chi connectivity index (χ4v) is 1.66. The number of benzene rings is 1. The normalized spacial score (nSPS) is 13.6. The van der Waals surface area contributed by atoms with E-state index in [-0.39, 0.29) is 12.2 Å². The zero-order valence-corrected chi connectivity index (χ0v) is 10.7. The van der Waals surface area contributed by atoms with Gasteiger partial charge in [0.1, 0.15) is 5.82 Å². The molecule has 1 rings (SSSR count). The Hall–Kier alpha value is -1.13. The summed E-state index contributed by atoms with van der Waals surface area (Å²) in [6.45, 7) is 5.18. The topological polar surface area (TPSA) is 43.7 Å². The van der Waals surface area contributed by atoms with Gasteiger partial charge in [0, 0.05) is 18.3 Å². The van der Waals surface area contributed by atoms with Crippen molar-refractivity contribution in [3.63, 3.8) is 0 Å². The predicted molar refractivity (Wildman–Crippen MR) is 66.6 cm³/mol. The molecule has 0 aliphatic rings. The quantitative estimate of drug-likeness (QED) is 0.848. The molecule has 0 fully saturated rings. The molecule has 0 amide bonds. The Bertz CT molecular complexity index is 391. The largest absolute Gasteiger partial charge is 0.394 e. The molecule has 0 saturated heterocycles. The van der Waals surface area contributed by atoms with E-state index in [2.05, 4.69) is 0 Å². The van der Waals surface area contributed by atoms with Crippen molar-refractivity contribution < 1.29 is 14.6 Å². The molecule has 0 saturated carbocycles. The molecular weight excluding hydrogens is 221 g/mol. The van der Waals surface area contributed by atoms with Crippen LogP contribution in [0.25, 0.3) is 0 Å². The van der Waals surface area contributed by atoms with E-state index in [1.807, 2.05) is 13.8 Å². The van der Waals surface area contributed by atoms with Crippen LogP contribution >= 0.6 is 0 Å². The second kappa shape index (κ2) is 5.02. The van der Waals surface area contributed by atoms with Gasteiger partial charge in [-0.05, 0) is 32.9 Å². The Morgan fingerprint density at radius 3 is 2.47 bits per heavy atom. The summed E-state index contributed by atoms with van der Waals surface area (Å²) >= 11 is 0. The molecule has 0 unspecified atom stereocenters. The first-order valence-electron chi connectivity index (χ1n) is 5.62. The van der Waals surface area contributed by atoms with Crippen molar-refractivity contribution in [2.75, 3.05) is 18.6 Å². The van der Waals surface area contributed by atoms with Crippen molar-refractivity contribution in [2.45, 2.75) is 32.4 Å². The first-order valence-corrected chi connectivity index (χ1v) is 5.62. The summed E-state index contributed by atoms with van der Waals surface area (Å²) in [7, 11) is 1.77. The van der Waals surface area contributed by atoms with Gasteiger partial charge in [0.15, 0.2) is 0 Å².